The molecular weight excluding hydrogens is 436 g/mol. The minimum Gasteiger partial charge on any atom is -0.449 e. The zero-order chi connectivity index (χ0) is 22.4. The summed E-state index contributed by atoms with van der Waals surface area (Å²) in [6.45, 7) is 1.84. The van der Waals surface area contributed by atoms with E-state index in [1.165, 1.54) is 53.9 Å². The van der Waals surface area contributed by atoms with Crippen LogP contribution in [0.4, 0.5) is 5.69 Å². The van der Waals surface area contributed by atoms with Crippen LogP contribution in [0.3, 0.4) is 0 Å². The van der Waals surface area contributed by atoms with Gasteiger partial charge in [0.25, 0.3) is 15.9 Å². The van der Waals surface area contributed by atoms with Crippen molar-refractivity contribution < 1.29 is 22.7 Å². The van der Waals surface area contributed by atoms with Crippen LogP contribution in [-0.4, -0.2) is 33.4 Å². The zero-order valence-corrected chi connectivity index (χ0v) is 18.7. The second-order valence-corrected chi connectivity index (χ2v) is 9.68. The van der Waals surface area contributed by atoms with Crippen molar-refractivity contribution >= 4 is 38.9 Å². The van der Waals surface area contributed by atoms with Crippen molar-refractivity contribution in [2.45, 2.75) is 24.5 Å². The largest absolute Gasteiger partial charge is 0.449 e. The first-order valence-electron chi connectivity index (χ1n) is 9.44. The van der Waals surface area contributed by atoms with Crippen molar-refractivity contribution in [2.75, 3.05) is 11.4 Å². The number of amides is 1. The number of hydrogen-bond acceptors (Lipinski definition) is 6. The van der Waals surface area contributed by atoms with Crippen LogP contribution in [0, 0.1) is 0 Å². The third-order valence-electron chi connectivity index (χ3n) is 4.54. The van der Waals surface area contributed by atoms with E-state index in [2.05, 4.69) is 5.32 Å². The molecule has 0 aliphatic heterocycles. The van der Waals surface area contributed by atoms with E-state index in [4.69, 9.17) is 4.74 Å². The highest BCUT2D eigenvalue weighted by molar-refractivity contribution is 7.92. The zero-order valence-electron chi connectivity index (χ0n) is 17.0. The maximum absolute atomic E-state index is 12.8. The van der Waals surface area contributed by atoms with E-state index in [1.54, 1.807) is 30.3 Å². The van der Waals surface area contributed by atoms with Crippen LogP contribution in [0.2, 0.25) is 0 Å². The molecule has 0 aliphatic rings. The fourth-order valence-corrected chi connectivity index (χ4v) is 4.55. The van der Waals surface area contributed by atoms with Crippen molar-refractivity contribution in [3.05, 3.63) is 82.6 Å². The number of benzene rings is 2. The first-order valence-corrected chi connectivity index (χ1v) is 11.8. The molecule has 1 aromatic heterocycles. The molecule has 9 heteroatoms. The van der Waals surface area contributed by atoms with Gasteiger partial charge >= 0.3 is 5.97 Å². The summed E-state index contributed by atoms with van der Waals surface area (Å²) in [5, 5.41) is 4.62. The lowest BCUT2D eigenvalue weighted by Crippen LogP contribution is -2.35. The quantitative estimate of drug-likeness (QED) is 0.522. The Balaban J connectivity index is 1.62. The van der Waals surface area contributed by atoms with E-state index < -0.39 is 28.0 Å². The molecule has 162 valence electrons. The molecule has 2 aromatic carbocycles. The van der Waals surface area contributed by atoms with Crippen molar-refractivity contribution in [1.29, 1.82) is 0 Å². The minimum absolute atomic E-state index is 0.0390. The topological polar surface area (TPSA) is 92.8 Å². The number of para-hydroxylation sites is 1. The van der Waals surface area contributed by atoms with Gasteiger partial charge in [0, 0.05) is 11.9 Å². The average Bonchev–Trinajstić information content (AvgIpc) is 3.31. The molecule has 0 fully saturated rings. The third kappa shape index (κ3) is 5.50. The molecule has 0 saturated carbocycles. The van der Waals surface area contributed by atoms with Gasteiger partial charge < -0.3 is 10.1 Å². The molecule has 1 atom stereocenters. The predicted molar refractivity (Wildman–Crippen MR) is 120 cm³/mol. The molecule has 0 unspecified atom stereocenters. The number of sulfonamides is 1. The van der Waals surface area contributed by atoms with E-state index in [9.17, 15) is 18.0 Å². The van der Waals surface area contributed by atoms with E-state index in [0.29, 0.717) is 12.2 Å². The molecule has 3 aromatic rings. The highest BCUT2D eigenvalue weighted by atomic mass is 32.2. The van der Waals surface area contributed by atoms with Gasteiger partial charge in [-0.25, -0.2) is 13.2 Å². The highest BCUT2D eigenvalue weighted by Crippen LogP contribution is 2.22. The number of rotatable bonds is 8. The fraction of sp³-hybridized carbons (Fsp3) is 0.182. The summed E-state index contributed by atoms with van der Waals surface area (Å²) in [7, 11) is -2.32. The van der Waals surface area contributed by atoms with Gasteiger partial charge in [0.1, 0.15) is 0 Å². The van der Waals surface area contributed by atoms with Crippen LogP contribution in [0.15, 0.2) is 77.0 Å². The van der Waals surface area contributed by atoms with Crippen LogP contribution < -0.4 is 9.62 Å². The monoisotopic (exact) mass is 458 g/mol. The highest BCUT2D eigenvalue weighted by Gasteiger charge is 2.23. The van der Waals surface area contributed by atoms with Crippen LogP contribution in [0.1, 0.15) is 22.2 Å². The molecule has 3 rings (SSSR count). The van der Waals surface area contributed by atoms with Gasteiger partial charge in [-0.1, -0.05) is 24.3 Å². The standard InChI is InChI=1S/C22H22N2O5S2/c1-16(21(25)23-15-19-9-6-14-30-19)29-22(26)17-10-12-20(13-11-17)31(27,28)24(2)18-7-4-3-5-8-18/h3-14,16H,15H2,1-2H3,(H,23,25)/t16-/m0/s1. The number of esters is 1. The number of carbonyl (C=O) groups is 2. The SMILES string of the molecule is C[C@H](OC(=O)c1ccc(S(=O)(=O)N(C)c2ccccc2)cc1)C(=O)NCc1cccs1. The average molecular weight is 459 g/mol. The fourth-order valence-electron chi connectivity index (χ4n) is 2.71. The Bertz CT molecular complexity index is 1130. The summed E-state index contributed by atoms with van der Waals surface area (Å²) in [5.41, 5.74) is 0.674. The molecule has 0 saturated heterocycles. The van der Waals surface area contributed by atoms with Crippen molar-refractivity contribution in [3.8, 4) is 0 Å². The van der Waals surface area contributed by atoms with Gasteiger partial charge in [-0.2, -0.15) is 0 Å². The summed E-state index contributed by atoms with van der Waals surface area (Å²) in [6.07, 6.45) is -0.986. The Morgan fingerprint density at radius 2 is 1.71 bits per heavy atom. The number of anilines is 1. The minimum atomic E-state index is -3.78. The summed E-state index contributed by atoms with van der Waals surface area (Å²) in [6, 6.07) is 17.9. The van der Waals surface area contributed by atoms with Gasteiger partial charge in [-0.05, 0) is 54.8 Å². The molecule has 31 heavy (non-hydrogen) atoms. The molecule has 0 spiro atoms. The second-order valence-electron chi connectivity index (χ2n) is 6.68. The van der Waals surface area contributed by atoms with Crippen LogP contribution in [0.5, 0.6) is 0 Å². The van der Waals surface area contributed by atoms with Crippen LogP contribution in [-0.2, 0) is 26.1 Å². The Kier molecular flexibility index (Phi) is 7.09. The molecule has 1 N–H and O–H groups in total. The third-order valence-corrected chi connectivity index (χ3v) is 7.21. The molecule has 7 nitrogen and oxygen atoms in total. The summed E-state index contributed by atoms with van der Waals surface area (Å²) >= 11 is 1.52. The molecular formula is C22H22N2O5S2. The predicted octanol–water partition coefficient (Wildman–Crippen LogP) is 3.43. The summed E-state index contributed by atoms with van der Waals surface area (Å²) in [5.74, 6) is -1.12. The lowest BCUT2D eigenvalue weighted by atomic mass is 10.2. The van der Waals surface area contributed by atoms with Gasteiger partial charge in [0.15, 0.2) is 6.10 Å². The summed E-state index contributed by atoms with van der Waals surface area (Å²) < 4.78 is 32.0. The van der Waals surface area contributed by atoms with E-state index >= 15 is 0 Å². The number of thiophene rings is 1. The Labute approximate surface area is 185 Å². The van der Waals surface area contributed by atoms with Gasteiger partial charge in [-0.15, -0.1) is 11.3 Å². The van der Waals surface area contributed by atoms with Gasteiger partial charge in [0.05, 0.1) is 22.7 Å². The Morgan fingerprint density at radius 3 is 2.32 bits per heavy atom. The molecule has 1 amide bonds. The number of nitrogens with zero attached hydrogens (tertiary/aromatic N) is 1. The lowest BCUT2D eigenvalue weighted by Gasteiger charge is -2.19. The Hall–Kier alpha value is -3.17. The molecule has 0 aliphatic carbocycles. The number of ether oxygens (including phenoxy) is 1. The van der Waals surface area contributed by atoms with Gasteiger partial charge in [-0.3, -0.25) is 9.10 Å². The van der Waals surface area contributed by atoms with E-state index in [0.717, 1.165) is 4.88 Å². The van der Waals surface area contributed by atoms with Crippen molar-refractivity contribution in [1.82, 2.24) is 5.32 Å². The first-order chi connectivity index (χ1) is 14.8. The lowest BCUT2D eigenvalue weighted by molar-refractivity contribution is -0.129. The maximum atomic E-state index is 12.8. The second kappa shape index (κ2) is 9.76. The summed E-state index contributed by atoms with van der Waals surface area (Å²) in [4.78, 5) is 25.5. The van der Waals surface area contributed by atoms with Crippen molar-refractivity contribution in [2.24, 2.45) is 0 Å². The molecule has 1 heterocycles. The number of carbonyl (C=O) groups excluding carboxylic acids is 2. The van der Waals surface area contributed by atoms with E-state index in [-0.39, 0.29) is 10.5 Å². The number of nitrogens with one attached hydrogen (secondary N) is 1. The Morgan fingerprint density at radius 1 is 1.03 bits per heavy atom. The maximum Gasteiger partial charge on any atom is 0.338 e. The first kappa shape index (κ1) is 22.5. The number of hydrogen-bond donors (Lipinski definition) is 1. The van der Waals surface area contributed by atoms with E-state index in [1.807, 2.05) is 17.5 Å². The normalized spacial score (nSPS) is 12.1. The van der Waals surface area contributed by atoms with Crippen LogP contribution >= 0.6 is 11.3 Å². The van der Waals surface area contributed by atoms with Crippen LogP contribution in [0.25, 0.3) is 0 Å². The van der Waals surface area contributed by atoms with Crippen molar-refractivity contribution in [3.63, 3.8) is 0 Å². The van der Waals surface area contributed by atoms with Gasteiger partial charge in [0.2, 0.25) is 0 Å². The smallest absolute Gasteiger partial charge is 0.338 e. The molecule has 0 bridgehead atoms. The molecule has 0 radical (unpaired) electrons.